The molecular formula is C9H11NO3. The molecule has 4 heteroatoms. The van der Waals surface area contributed by atoms with Crippen LogP contribution in [0.25, 0.3) is 0 Å². The number of ether oxygens (including phenoxy) is 1. The Morgan fingerprint density at radius 1 is 1.77 bits per heavy atom. The van der Waals surface area contributed by atoms with Crippen LogP contribution in [0, 0.1) is 23.2 Å². The average molecular weight is 181 g/mol. The van der Waals surface area contributed by atoms with Gasteiger partial charge in [0.25, 0.3) is 0 Å². The molecule has 70 valence electrons. The quantitative estimate of drug-likeness (QED) is 0.587. The van der Waals surface area contributed by atoms with E-state index in [9.17, 15) is 9.59 Å². The lowest BCUT2D eigenvalue weighted by atomic mass is 9.97. The number of Topliss-reactive ketones (excluding diaryl/α,β-unsaturated/α-hetero) is 1. The second-order valence-corrected chi connectivity index (χ2v) is 2.97. The van der Waals surface area contributed by atoms with Gasteiger partial charge in [0.15, 0.2) is 5.78 Å². The van der Waals surface area contributed by atoms with Crippen molar-refractivity contribution >= 4 is 11.8 Å². The number of rotatable bonds is 2. The van der Waals surface area contributed by atoms with E-state index >= 15 is 0 Å². The summed E-state index contributed by atoms with van der Waals surface area (Å²) in [4.78, 5) is 22.3. The SMILES string of the molecule is CCOC(=O)[C@@H]1CCC(=O)[C@@H]1C#N. The first-order chi connectivity index (χ1) is 6.20. The first kappa shape index (κ1) is 9.72. The Labute approximate surface area is 76.5 Å². The third-order valence-electron chi connectivity index (χ3n) is 2.18. The maximum absolute atomic E-state index is 11.2. The Kier molecular flexibility index (Phi) is 3.02. The molecule has 0 spiro atoms. The van der Waals surface area contributed by atoms with E-state index in [0.717, 1.165) is 0 Å². The topological polar surface area (TPSA) is 67.2 Å². The van der Waals surface area contributed by atoms with E-state index in [1.165, 1.54) is 0 Å². The van der Waals surface area contributed by atoms with Gasteiger partial charge >= 0.3 is 5.97 Å². The fourth-order valence-corrected chi connectivity index (χ4v) is 1.51. The van der Waals surface area contributed by atoms with E-state index in [4.69, 9.17) is 10.00 Å². The Bertz CT molecular complexity index is 267. The summed E-state index contributed by atoms with van der Waals surface area (Å²) in [5.74, 6) is -1.86. The van der Waals surface area contributed by atoms with Crippen molar-refractivity contribution in [3.05, 3.63) is 0 Å². The fourth-order valence-electron chi connectivity index (χ4n) is 1.51. The number of ketones is 1. The summed E-state index contributed by atoms with van der Waals surface area (Å²) < 4.78 is 4.76. The normalized spacial score (nSPS) is 26.9. The van der Waals surface area contributed by atoms with Gasteiger partial charge in [-0.25, -0.2) is 0 Å². The Morgan fingerprint density at radius 2 is 2.46 bits per heavy atom. The van der Waals surface area contributed by atoms with Crippen LogP contribution in [0.3, 0.4) is 0 Å². The number of esters is 1. The van der Waals surface area contributed by atoms with Gasteiger partial charge < -0.3 is 4.74 Å². The maximum atomic E-state index is 11.2. The smallest absolute Gasteiger partial charge is 0.310 e. The Balaban J connectivity index is 2.66. The Hall–Kier alpha value is -1.37. The van der Waals surface area contributed by atoms with Crippen molar-refractivity contribution in [3.63, 3.8) is 0 Å². The maximum Gasteiger partial charge on any atom is 0.310 e. The van der Waals surface area contributed by atoms with E-state index in [2.05, 4.69) is 0 Å². The molecule has 1 aliphatic rings. The van der Waals surface area contributed by atoms with Crippen LogP contribution in [0.4, 0.5) is 0 Å². The number of nitrogens with zero attached hydrogens (tertiary/aromatic N) is 1. The lowest BCUT2D eigenvalue weighted by Gasteiger charge is -2.09. The zero-order valence-electron chi connectivity index (χ0n) is 7.45. The first-order valence-corrected chi connectivity index (χ1v) is 4.29. The third kappa shape index (κ3) is 1.86. The minimum atomic E-state index is -0.779. The summed E-state index contributed by atoms with van der Waals surface area (Å²) in [6.45, 7) is 2.00. The van der Waals surface area contributed by atoms with Crippen LogP contribution < -0.4 is 0 Å². The highest BCUT2D eigenvalue weighted by atomic mass is 16.5. The molecule has 0 aromatic carbocycles. The number of nitriles is 1. The second kappa shape index (κ2) is 4.04. The van der Waals surface area contributed by atoms with Crippen molar-refractivity contribution < 1.29 is 14.3 Å². The van der Waals surface area contributed by atoms with E-state index in [0.29, 0.717) is 19.4 Å². The summed E-state index contributed by atoms with van der Waals surface area (Å²) in [7, 11) is 0. The molecule has 0 bridgehead atoms. The standard InChI is InChI=1S/C9H11NO3/c1-2-13-9(12)6-3-4-8(11)7(6)5-10/h6-7H,2-4H2,1H3/t6-,7-/m1/s1. The molecular weight excluding hydrogens is 170 g/mol. The highest BCUT2D eigenvalue weighted by molar-refractivity contribution is 5.92. The van der Waals surface area contributed by atoms with Gasteiger partial charge in [0.2, 0.25) is 0 Å². The monoisotopic (exact) mass is 181 g/mol. The zero-order chi connectivity index (χ0) is 9.84. The van der Waals surface area contributed by atoms with E-state index in [1.807, 2.05) is 6.07 Å². The Morgan fingerprint density at radius 3 is 3.00 bits per heavy atom. The van der Waals surface area contributed by atoms with Crippen molar-refractivity contribution in [1.29, 1.82) is 5.26 Å². The predicted molar refractivity (Wildman–Crippen MR) is 43.5 cm³/mol. The van der Waals surface area contributed by atoms with E-state index in [1.54, 1.807) is 6.92 Å². The van der Waals surface area contributed by atoms with Crippen LogP contribution in [-0.2, 0) is 14.3 Å². The van der Waals surface area contributed by atoms with Crippen LogP contribution in [0.15, 0.2) is 0 Å². The van der Waals surface area contributed by atoms with Crippen LogP contribution in [0.5, 0.6) is 0 Å². The van der Waals surface area contributed by atoms with Crippen LogP contribution >= 0.6 is 0 Å². The molecule has 13 heavy (non-hydrogen) atoms. The van der Waals surface area contributed by atoms with E-state index in [-0.39, 0.29) is 5.78 Å². The van der Waals surface area contributed by atoms with Crippen LogP contribution in [-0.4, -0.2) is 18.4 Å². The van der Waals surface area contributed by atoms with Gasteiger partial charge in [-0.15, -0.1) is 0 Å². The van der Waals surface area contributed by atoms with Crippen molar-refractivity contribution in [3.8, 4) is 6.07 Å². The molecule has 0 unspecified atom stereocenters. The molecule has 1 rings (SSSR count). The molecule has 0 aliphatic heterocycles. The molecule has 0 amide bonds. The second-order valence-electron chi connectivity index (χ2n) is 2.97. The van der Waals surface area contributed by atoms with Gasteiger partial charge in [0.05, 0.1) is 18.6 Å². The molecule has 1 saturated carbocycles. The summed E-state index contributed by atoms with van der Waals surface area (Å²) in [6.07, 6.45) is 0.775. The highest BCUT2D eigenvalue weighted by Gasteiger charge is 2.40. The van der Waals surface area contributed by atoms with Gasteiger partial charge in [0, 0.05) is 6.42 Å². The molecule has 1 aliphatic carbocycles. The molecule has 0 saturated heterocycles. The molecule has 0 radical (unpaired) electrons. The molecule has 0 aromatic rings. The van der Waals surface area contributed by atoms with Gasteiger partial charge in [-0.1, -0.05) is 0 Å². The molecule has 1 fully saturated rings. The fraction of sp³-hybridized carbons (Fsp3) is 0.667. The summed E-state index contributed by atoms with van der Waals surface area (Å²) in [5, 5.41) is 8.65. The lowest BCUT2D eigenvalue weighted by Crippen LogP contribution is -2.23. The zero-order valence-corrected chi connectivity index (χ0v) is 7.45. The summed E-state index contributed by atoms with van der Waals surface area (Å²) in [6, 6.07) is 1.85. The minimum Gasteiger partial charge on any atom is -0.466 e. The van der Waals surface area contributed by atoms with E-state index < -0.39 is 17.8 Å². The molecule has 0 N–H and O–H groups in total. The third-order valence-corrected chi connectivity index (χ3v) is 2.18. The average Bonchev–Trinajstić information content (AvgIpc) is 2.47. The molecule has 2 atom stereocenters. The van der Waals surface area contributed by atoms with Gasteiger partial charge in [0.1, 0.15) is 5.92 Å². The van der Waals surface area contributed by atoms with Gasteiger partial charge in [-0.2, -0.15) is 5.26 Å². The number of carbonyl (C=O) groups excluding carboxylic acids is 2. The number of carbonyl (C=O) groups is 2. The minimum absolute atomic E-state index is 0.138. The van der Waals surface area contributed by atoms with Crippen LogP contribution in [0.1, 0.15) is 19.8 Å². The number of hydrogen-bond acceptors (Lipinski definition) is 4. The highest BCUT2D eigenvalue weighted by Crippen LogP contribution is 2.29. The summed E-state index contributed by atoms with van der Waals surface area (Å²) in [5.41, 5.74) is 0. The first-order valence-electron chi connectivity index (χ1n) is 4.29. The largest absolute Gasteiger partial charge is 0.466 e. The van der Waals surface area contributed by atoms with Gasteiger partial charge in [-0.3, -0.25) is 9.59 Å². The predicted octanol–water partition coefficient (Wildman–Crippen LogP) is 0.668. The van der Waals surface area contributed by atoms with Crippen molar-refractivity contribution in [1.82, 2.24) is 0 Å². The summed E-state index contributed by atoms with van der Waals surface area (Å²) >= 11 is 0. The molecule has 4 nitrogen and oxygen atoms in total. The van der Waals surface area contributed by atoms with Crippen molar-refractivity contribution in [2.24, 2.45) is 11.8 Å². The number of hydrogen-bond donors (Lipinski definition) is 0. The lowest BCUT2D eigenvalue weighted by molar-refractivity contribution is -0.149. The van der Waals surface area contributed by atoms with Crippen LogP contribution in [0.2, 0.25) is 0 Å². The van der Waals surface area contributed by atoms with Crippen molar-refractivity contribution in [2.45, 2.75) is 19.8 Å². The molecule has 0 heterocycles. The molecule has 0 aromatic heterocycles. The van der Waals surface area contributed by atoms with Crippen molar-refractivity contribution in [2.75, 3.05) is 6.61 Å². The van der Waals surface area contributed by atoms with Gasteiger partial charge in [-0.05, 0) is 13.3 Å².